The van der Waals surface area contributed by atoms with Gasteiger partial charge in [-0.3, -0.25) is 0 Å². The van der Waals surface area contributed by atoms with Crippen LogP contribution in [0, 0.1) is 5.92 Å². The highest BCUT2D eigenvalue weighted by Gasteiger charge is 2.13. The first-order chi connectivity index (χ1) is 15.4. The SMILES string of the molecule is CC(C)COc1ccc(Cl)cc1Cc1ccc(-c2nc3cc(CNC(C)C)ccc3[nH]2)o1.Cl.Cl. The predicted octanol–water partition coefficient (Wildman–Crippen LogP) is 7.44. The lowest BCUT2D eigenvalue weighted by Gasteiger charge is -2.13. The average Bonchev–Trinajstić information content (AvgIpc) is 3.38. The van der Waals surface area contributed by atoms with E-state index < -0.39 is 0 Å². The zero-order valence-electron chi connectivity index (χ0n) is 19.9. The van der Waals surface area contributed by atoms with Crippen molar-refractivity contribution in [3.63, 3.8) is 0 Å². The highest BCUT2D eigenvalue weighted by Crippen LogP contribution is 2.29. The molecule has 0 bridgehead atoms. The summed E-state index contributed by atoms with van der Waals surface area (Å²) in [4.78, 5) is 8.11. The Morgan fingerprint density at radius 3 is 2.56 bits per heavy atom. The summed E-state index contributed by atoms with van der Waals surface area (Å²) in [7, 11) is 0. The van der Waals surface area contributed by atoms with Gasteiger partial charge in [-0.2, -0.15) is 0 Å². The molecule has 0 saturated carbocycles. The van der Waals surface area contributed by atoms with Crippen LogP contribution in [-0.4, -0.2) is 22.6 Å². The Bertz CT molecular complexity index is 1200. The zero-order valence-corrected chi connectivity index (χ0v) is 22.2. The number of benzene rings is 2. The van der Waals surface area contributed by atoms with Crippen LogP contribution in [0.1, 0.15) is 44.6 Å². The van der Waals surface area contributed by atoms with Gasteiger partial charge in [0.05, 0.1) is 17.6 Å². The number of nitrogens with one attached hydrogen (secondary N) is 2. The molecule has 184 valence electrons. The maximum Gasteiger partial charge on any atom is 0.174 e. The molecule has 0 amide bonds. The van der Waals surface area contributed by atoms with Gasteiger partial charge in [-0.15, -0.1) is 24.8 Å². The Hall–Kier alpha value is -2.18. The van der Waals surface area contributed by atoms with Crippen molar-refractivity contribution in [1.82, 2.24) is 15.3 Å². The van der Waals surface area contributed by atoms with E-state index in [2.05, 4.69) is 56.2 Å². The lowest BCUT2D eigenvalue weighted by molar-refractivity contribution is 0.268. The maximum absolute atomic E-state index is 6.24. The number of ether oxygens (including phenoxy) is 1. The fourth-order valence-corrected chi connectivity index (χ4v) is 3.67. The van der Waals surface area contributed by atoms with Gasteiger partial charge in [0.1, 0.15) is 11.5 Å². The third kappa shape index (κ3) is 7.16. The van der Waals surface area contributed by atoms with Crippen LogP contribution in [0.3, 0.4) is 0 Å². The topological polar surface area (TPSA) is 63.1 Å². The van der Waals surface area contributed by atoms with E-state index in [0.29, 0.717) is 35.8 Å². The van der Waals surface area contributed by atoms with E-state index in [9.17, 15) is 0 Å². The van der Waals surface area contributed by atoms with Crippen molar-refractivity contribution in [1.29, 1.82) is 0 Å². The van der Waals surface area contributed by atoms with Crippen molar-refractivity contribution in [2.45, 2.75) is 46.7 Å². The molecule has 2 aromatic carbocycles. The summed E-state index contributed by atoms with van der Waals surface area (Å²) in [6, 6.07) is 16.4. The smallest absolute Gasteiger partial charge is 0.174 e. The molecule has 0 spiro atoms. The van der Waals surface area contributed by atoms with Crippen LogP contribution in [0.2, 0.25) is 5.02 Å². The van der Waals surface area contributed by atoms with Gasteiger partial charge in [0.15, 0.2) is 11.6 Å². The minimum atomic E-state index is 0. The van der Waals surface area contributed by atoms with Gasteiger partial charge < -0.3 is 19.5 Å². The molecule has 2 N–H and O–H groups in total. The summed E-state index contributed by atoms with van der Waals surface area (Å²) in [5.74, 6) is 3.56. The van der Waals surface area contributed by atoms with Gasteiger partial charge in [-0.05, 0) is 53.9 Å². The highest BCUT2D eigenvalue weighted by atomic mass is 35.5. The number of aromatic nitrogens is 2. The fourth-order valence-electron chi connectivity index (χ4n) is 3.47. The van der Waals surface area contributed by atoms with Crippen LogP contribution in [0.25, 0.3) is 22.6 Å². The molecule has 34 heavy (non-hydrogen) atoms. The Labute approximate surface area is 218 Å². The van der Waals surface area contributed by atoms with E-state index in [1.54, 1.807) is 0 Å². The lowest BCUT2D eigenvalue weighted by Crippen LogP contribution is -2.21. The van der Waals surface area contributed by atoms with Crippen LogP contribution in [0.5, 0.6) is 5.75 Å². The van der Waals surface area contributed by atoms with E-state index in [4.69, 9.17) is 25.7 Å². The van der Waals surface area contributed by atoms with Crippen LogP contribution < -0.4 is 10.1 Å². The van der Waals surface area contributed by atoms with E-state index >= 15 is 0 Å². The monoisotopic (exact) mass is 523 g/mol. The number of imidazole rings is 1. The number of aromatic amines is 1. The Morgan fingerprint density at radius 2 is 1.82 bits per heavy atom. The normalized spacial score (nSPS) is 11.0. The first-order valence-corrected chi connectivity index (χ1v) is 11.5. The van der Waals surface area contributed by atoms with Gasteiger partial charge in [0, 0.05) is 29.6 Å². The molecule has 8 heteroatoms. The van der Waals surface area contributed by atoms with Crippen LogP contribution in [0.15, 0.2) is 52.9 Å². The van der Waals surface area contributed by atoms with E-state index in [1.165, 1.54) is 5.56 Å². The summed E-state index contributed by atoms with van der Waals surface area (Å²) in [6.07, 6.45) is 0.596. The van der Waals surface area contributed by atoms with Crippen molar-refractivity contribution < 1.29 is 9.15 Å². The fraction of sp³-hybridized carbons (Fsp3) is 0.346. The Morgan fingerprint density at radius 1 is 1.03 bits per heavy atom. The van der Waals surface area contributed by atoms with Crippen LogP contribution >= 0.6 is 36.4 Å². The molecule has 5 nitrogen and oxygen atoms in total. The number of furan rings is 1. The number of hydrogen-bond acceptors (Lipinski definition) is 4. The summed E-state index contributed by atoms with van der Waals surface area (Å²) in [6.45, 7) is 10.0. The molecule has 0 atom stereocenters. The average molecular weight is 525 g/mol. The largest absolute Gasteiger partial charge is 0.493 e. The molecule has 2 aromatic heterocycles. The number of fused-ring (bicyclic) bond motifs is 1. The molecule has 0 radical (unpaired) electrons. The third-order valence-electron chi connectivity index (χ3n) is 5.12. The van der Waals surface area contributed by atoms with Crippen LogP contribution in [0.4, 0.5) is 0 Å². The minimum absolute atomic E-state index is 0. The third-order valence-corrected chi connectivity index (χ3v) is 5.35. The first-order valence-electron chi connectivity index (χ1n) is 11.1. The van der Waals surface area contributed by atoms with E-state index in [0.717, 1.165) is 40.5 Å². The number of rotatable bonds is 9. The predicted molar refractivity (Wildman–Crippen MR) is 145 cm³/mol. The zero-order chi connectivity index (χ0) is 22.7. The molecule has 0 saturated heterocycles. The van der Waals surface area contributed by atoms with Gasteiger partial charge in [-0.1, -0.05) is 45.4 Å². The second-order valence-corrected chi connectivity index (χ2v) is 9.31. The summed E-state index contributed by atoms with van der Waals surface area (Å²) in [5, 5.41) is 4.12. The van der Waals surface area contributed by atoms with Gasteiger partial charge in [0.2, 0.25) is 0 Å². The van der Waals surface area contributed by atoms with Crippen molar-refractivity contribution in [2.75, 3.05) is 6.61 Å². The molecule has 0 aliphatic heterocycles. The number of nitrogens with zero attached hydrogens (tertiary/aromatic N) is 1. The number of hydrogen-bond donors (Lipinski definition) is 2. The molecule has 4 rings (SSSR count). The Kier molecular flexibility index (Phi) is 10.3. The molecular weight excluding hydrogens is 493 g/mol. The Balaban J connectivity index is 0.00000204. The molecular formula is C26H32Cl3N3O2. The van der Waals surface area contributed by atoms with Crippen molar-refractivity contribution in [2.24, 2.45) is 5.92 Å². The van der Waals surface area contributed by atoms with Gasteiger partial charge in [-0.25, -0.2) is 4.98 Å². The molecule has 4 aromatic rings. The van der Waals surface area contributed by atoms with E-state index in [-0.39, 0.29) is 24.8 Å². The second kappa shape index (κ2) is 12.5. The van der Waals surface area contributed by atoms with Gasteiger partial charge in [0.25, 0.3) is 0 Å². The first kappa shape index (κ1) is 28.1. The summed E-state index contributed by atoms with van der Waals surface area (Å²) < 4.78 is 12.1. The molecule has 0 aliphatic carbocycles. The van der Waals surface area contributed by atoms with Crippen molar-refractivity contribution in [3.05, 3.63) is 70.4 Å². The lowest BCUT2D eigenvalue weighted by atomic mass is 10.1. The number of halogens is 3. The quantitative estimate of drug-likeness (QED) is 0.239. The summed E-state index contributed by atoms with van der Waals surface area (Å²) >= 11 is 6.24. The highest BCUT2D eigenvalue weighted by molar-refractivity contribution is 6.30. The van der Waals surface area contributed by atoms with Crippen LogP contribution in [-0.2, 0) is 13.0 Å². The van der Waals surface area contributed by atoms with Crippen molar-refractivity contribution in [3.8, 4) is 17.3 Å². The molecule has 0 aliphatic rings. The van der Waals surface area contributed by atoms with Gasteiger partial charge >= 0.3 is 0 Å². The maximum atomic E-state index is 6.24. The standard InChI is InChI=1S/C26H30ClN3O2.2ClH/c1-16(2)15-31-24-9-6-20(27)12-19(24)13-21-7-10-25(32-21)26-29-22-8-5-18(11-23(22)30-26)14-28-17(3)4;;/h5-12,16-17,28H,13-15H2,1-4H3,(H,29,30);2*1H. The molecule has 0 unspecified atom stereocenters. The molecule has 2 heterocycles. The molecule has 0 fully saturated rings. The summed E-state index contributed by atoms with van der Waals surface area (Å²) in [5.41, 5.74) is 4.14. The van der Waals surface area contributed by atoms with Crippen molar-refractivity contribution >= 4 is 47.4 Å². The minimum Gasteiger partial charge on any atom is -0.493 e. The number of H-pyrrole nitrogens is 1. The second-order valence-electron chi connectivity index (χ2n) is 8.87. The van der Waals surface area contributed by atoms with E-state index in [1.807, 2.05) is 30.3 Å².